The Labute approximate surface area is 81.9 Å². The molecule has 0 saturated carbocycles. The normalized spacial score (nSPS) is 16.8. The van der Waals surface area contributed by atoms with Gasteiger partial charge in [-0.25, -0.2) is 4.39 Å². The summed E-state index contributed by atoms with van der Waals surface area (Å²) in [6.45, 7) is 7.36. The standard InChI is InChI=1S/C9H15BrFN/c1-4-8(11)6-12-7(3)9(10)5-2/h5-7,9,12H,2,4H2,1,3H3/b8-6+. The number of halogens is 2. The van der Waals surface area contributed by atoms with Crippen molar-refractivity contribution in [2.45, 2.75) is 31.1 Å². The highest BCUT2D eigenvalue weighted by Crippen LogP contribution is 2.07. The highest BCUT2D eigenvalue weighted by atomic mass is 79.9. The largest absolute Gasteiger partial charge is 0.385 e. The summed E-state index contributed by atoms with van der Waals surface area (Å²) in [5.41, 5.74) is 0. The molecule has 0 bridgehead atoms. The monoisotopic (exact) mass is 235 g/mol. The van der Waals surface area contributed by atoms with E-state index in [4.69, 9.17) is 0 Å². The molecule has 1 nitrogen and oxygen atoms in total. The van der Waals surface area contributed by atoms with Gasteiger partial charge in [0.1, 0.15) is 5.83 Å². The molecule has 0 aliphatic rings. The zero-order valence-electron chi connectivity index (χ0n) is 7.48. The Bertz CT molecular complexity index is 168. The Morgan fingerprint density at radius 1 is 1.75 bits per heavy atom. The zero-order valence-corrected chi connectivity index (χ0v) is 9.07. The highest BCUT2D eigenvalue weighted by molar-refractivity contribution is 9.09. The van der Waals surface area contributed by atoms with Gasteiger partial charge in [-0.05, 0) is 13.3 Å². The maximum atomic E-state index is 12.6. The summed E-state index contributed by atoms with van der Waals surface area (Å²) in [6, 6.07) is 0.153. The topological polar surface area (TPSA) is 12.0 Å². The van der Waals surface area contributed by atoms with Crippen LogP contribution in [0, 0.1) is 0 Å². The molecular formula is C9H15BrFN. The molecule has 0 aliphatic heterocycles. The molecule has 3 heteroatoms. The number of hydrogen-bond acceptors (Lipinski definition) is 1. The van der Waals surface area contributed by atoms with Crippen molar-refractivity contribution < 1.29 is 4.39 Å². The van der Waals surface area contributed by atoms with Gasteiger partial charge in [0, 0.05) is 12.2 Å². The van der Waals surface area contributed by atoms with Gasteiger partial charge in [-0.3, -0.25) is 0 Å². The maximum Gasteiger partial charge on any atom is 0.115 e. The van der Waals surface area contributed by atoms with Crippen LogP contribution in [0.25, 0.3) is 0 Å². The van der Waals surface area contributed by atoms with Gasteiger partial charge in [0.15, 0.2) is 0 Å². The third kappa shape index (κ3) is 4.54. The second-order valence-electron chi connectivity index (χ2n) is 2.58. The molecule has 0 fully saturated rings. The van der Waals surface area contributed by atoms with E-state index in [-0.39, 0.29) is 16.7 Å². The summed E-state index contributed by atoms with van der Waals surface area (Å²) in [4.78, 5) is 0.165. The molecule has 0 aromatic heterocycles. The molecule has 0 aromatic rings. The number of alkyl halides is 1. The summed E-state index contributed by atoms with van der Waals surface area (Å²) < 4.78 is 12.6. The number of hydrogen-bond donors (Lipinski definition) is 1. The minimum absolute atomic E-state index is 0.134. The van der Waals surface area contributed by atoms with E-state index in [0.717, 1.165) is 0 Å². The highest BCUT2D eigenvalue weighted by Gasteiger charge is 2.07. The average molecular weight is 236 g/mol. The van der Waals surface area contributed by atoms with Crippen LogP contribution in [0.5, 0.6) is 0 Å². The van der Waals surface area contributed by atoms with E-state index in [1.165, 1.54) is 6.20 Å². The molecule has 0 heterocycles. The van der Waals surface area contributed by atoms with E-state index in [1.54, 1.807) is 13.0 Å². The van der Waals surface area contributed by atoms with Gasteiger partial charge in [0.2, 0.25) is 0 Å². The third-order valence-electron chi connectivity index (χ3n) is 1.54. The van der Waals surface area contributed by atoms with Crippen molar-refractivity contribution in [2.24, 2.45) is 0 Å². The molecule has 0 saturated heterocycles. The van der Waals surface area contributed by atoms with Gasteiger partial charge in [-0.1, -0.05) is 28.9 Å². The van der Waals surface area contributed by atoms with Gasteiger partial charge in [0.05, 0.1) is 4.83 Å². The lowest BCUT2D eigenvalue weighted by molar-refractivity contribution is 0.574. The van der Waals surface area contributed by atoms with Crippen molar-refractivity contribution in [3.05, 3.63) is 24.7 Å². The first-order chi connectivity index (χ1) is 5.61. The quantitative estimate of drug-likeness (QED) is 0.571. The van der Waals surface area contributed by atoms with Crippen molar-refractivity contribution in [2.75, 3.05) is 0 Å². The zero-order chi connectivity index (χ0) is 9.56. The van der Waals surface area contributed by atoms with Crippen molar-refractivity contribution >= 4 is 15.9 Å². The fourth-order valence-electron chi connectivity index (χ4n) is 0.620. The van der Waals surface area contributed by atoms with Crippen LogP contribution in [0.2, 0.25) is 0 Å². The lowest BCUT2D eigenvalue weighted by atomic mass is 10.2. The Kier molecular flexibility index (Phi) is 6.07. The number of nitrogens with one attached hydrogen (secondary N) is 1. The van der Waals surface area contributed by atoms with Crippen LogP contribution in [-0.2, 0) is 0 Å². The van der Waals surface area contributed by atoms with Crippen LogP contribution in [0.4, 0.5) is 4.39 Å². The molecule has 1 N–H and O–H groups in total. The summed E-state index contributed by atoms with van der Waals surface area (Å²) in [7, 11) is 0. The Morgan fingerprint density at radius 3 is 2.75 bits per heavy atom. The predicted molar refractivity (Wildman–Crippen MR) is 55.0 cm³/mol. The van der Waals surface area contributed by atoms with Crippen LogP contribution in [-0.4, -0.2) is 10.9 Å². The third-order valence-corrected chi connectivity index (χ3v) is 2.71. The Morgan fingerprint density at radius 2 is 2.33 bits per heavy atom. The first-order valence-corrected chi connectivity index (χ1v) is 4.90. The average Bonchev–Trinajstić information content (AvgIpc) is 2.11. The minimum atomic E-state index is -0.134. The van der Waals surface area contributed by atoms with Gasteiger partial charge in [-0.2, -0.15) is 0 Å². The second kappa shape index (κ2) is 6.23. The van der Waals surface area contributed by atoms with Crippen LogP contribution in [0.1, 0.15) is 20.3 Å². The van der Waals surface area contributed by atoms with Crippen molar-refractivity contribution in [3.63, 3.8) is 0 Å². The van der Waals surface area contributed by atoms with Crippen LogP contribution < -0.4 is 5.32 Å². The van der Waals surface area contributed by atoms with E-state index >= 15 is 0 Å². The number of allylic oxidation sites excluding steroid dienone is 1. The SMILES string of the molecule is C=CC(Br)C(C)N/C=C(/F)CC. The molecule has 0 aliphatic carbocycles. The molecule has 2 unspecified atom stereocenters. The maximum absolute atomic E-state index is 12.6. The Hall–Kier alpha value is -0.310. The molecule has 2 atom stereocenters. The molecule has 12 heavy (non-hydrogen) atoms. The van der Waals surface area contributed by atoms with Crippen molar-refractivity contribution in [3.8, 4) is 0 Å². The molecule has 0 spiro atoms. The first-order valence-electron chi connectivity index (χ1n) is 3.99. The summed E-state index contributed by atoms with van der Waals surface area (Å²) >= 11 is 3.38. The van der Waals surface area contributed by atoms with Crippen molar-refractivity contribution in [1.29, 1.82) is 0 Å². The minimum Gasteiger partial charge on any atom is -0.385 e. The summed E-state index contributed by atoms with van der Waals surface area (Å²) in [6.07, 6.45) is 3.61. The van der Waals surface area contributed by atoms with Crippen LogP contribution in [0.3, 0.4) is 0 Å². The molecule has 0 radical (unpaired) electrons. The molecular weight excluding hydrogens is 221 g/mol. The van der Waals surface area contributed by atoms with Gasteiger partial charge in [-0.15, -0.1) is 6.58 Å². The summed E-state index contributed by atoms with van der Waals surface area (Å²) in [5, 5.41) is 2.93. The first kappa shape index (κ1) is 11.7. The van der Waals surface area contributed by atoms with Crippen molar-refractivity contribution in [1.82, 2.24) is 5.32 Å². The second-order valence-corrected chi connectivity index (χ2v) is 3.64. The lowest BCUT2D eigenvalue weighted by Gasteiger charge is -2.14. The Balaban J connectivity index is 3.84. The predicted octanol–water partition coefficient (Wildman–Crippen LogP) is 3.13. The molecule has 0 aromatic carbocycles. The van der Waals surface area contributed by atoms with E-state index in [1.807, 2.05) is 6.92 Å². The number of rotatable bonds is 5. The summed E-state index contributed by atoms with van der Waals surface area (Å²) in [5.74, 6) is -0.134. The van der Waals surface area contributed by atoms with E-state index in [0.29, 0.717) is 6.42 Å². The van der Waals surface area contributed by atoms with Gasteiger partial charge >= 0.3 is 0 Å². The fraction of sp³-hybridized carbons (Fsp3) is 0.556. The van der Waals surface area contributed by atoms with Gasteiger partial charge < -0.3 is 5.32 Å². The fourth-order valence-corrected chi connectivity index (χ4v) is 0.773. The van der Waals surface area contributed by atoms with E-state index in [2.05, 4.69) is 27.8 Å². The molecule has 0 amide bonds. The lowest BCUT2D eigenvalue weighted by Crippen LogP contribution is -2.28. The van der Waals surface area contributed by atoms with Crippen LogP contribution >= 0.6 is 15.9 Å². The van der Waals surface area contributed by atoms with Gasteiger partial charge in [0.25, 0.3) is 0 Å². The smallest absolute Gasteiger partial charge is 0.115 e. The molecule has 70 valence electrons. The van der Waals surface area contributed by atoms with E-state index in [9.17, 15) is 4.39 Å². The van der Waals surface area contributed by atoms with E-state index < -0.39 is 0 Å². The molecule has 0 rings (SSSR count). The van der Waals surface area contributed by atoms with Crippen LogP contribution in [0.15, 0.2) is 24.7 Å².